The van der Waals surface area contributed by atoms with Gasteiger partial charge in [0.2, 0.25) is 0 Å². The van der Waals surface area contributed by atoms with Crippen molar-refractivity contribution in [1.29, 1.82) is 0 Å². The summed E-state index contributed by atoms with van der Waals surface area (Å²) in [6.45, 7) is 1.97. The van der Waals surface area contributed by atoms with Crippen molar-refractivity contribution in [2.24, 2.45) is 0 Å². The molecule has 0 unspecified atom stereocenters. The Morgan fingerprint density at radius 2 is 2.04 bits per heavy atom. The number of methoxy groups -OCH3 is 1. The second-order valence-corrected chi connectivity index (χ2v) is 5.69. The van der Waals surface area contributed by atoms with Gasteiger partial charge in [0.05, 0.1) is 18.2 Å². The van der Waals surface area contributed by atoms with E-state index in [9.17, 15) is 9.90 Å². The summed E-state index contributed by atoms with van der Waals surface area (Å²) in [5, 5.41) is 11.9. The van der Waals surface area contributed by atoms with Crippen molar-refractivity contribution in [2.45, 2.75) is 13.3 Å². The minimum Gasteiger partial charge on any atom is -0.506 e. The van der Waals surface area contributed by atoms with Gasteiger partial charge < -0.3 is 14.8 Å². The first-order chi connectivity index (χ1) is 11.0. The third-order valence-corrected chi connectivity index (χ3v) is 4.09. The zero-order valence-electron chi connectivity index (χ0n) is 12.8. The second-order valence-electron chi connectivity index (χ2n) is 5.25. The standard InChI is InChI=1S/C18H16ClNO3/c1-3-10-7-12(19)9-14-15(10)17(21)16(18(22)20-14)11-5-4-6-13(8-11)23-2/h4-9H,3H2,1-2H3,(H2,20,21,22)/i2-1. The molecule has 3 rings (SSSR count). The number of hydrogen-bond acceptors (Lipinski definition) is 3. The van der Waals surface area contributed by atoms with Crippen LogP contribution in [0.1, 0.15) is 12.5 Å². The van der Waals surface area contributed by atoms with Crippen molar-refractivity contribution in [3.8, 4) is 22.6 Å². The SMILES string of the molecule is CCc1cc(Cl)cc2[nH]c(=O)c(-c3cccc(O[11CH3])c3)c(O)c12. The minimum atomic E-state index is -0.368. The molecule has 0 radical (unpaired) electrons. The number of fused-ring (bicyclic) bond motifs is 1. The lowest BCUT2D eigenvalue weighted by Crippen LogP contribution is -2.10. The fraction of sp³-hybridized carbons (Fsp3) is 0.167. The van der Waals surface area contributed by atoms with E-state index in [4.69, 9.17) is 16.3 Å². The maximum absolute atomic E-state index is 12.5. The Morgan fingerprint density at radius 1 is 1.26 bits per heavy atom. The first-order valence-corrected chi connectivity index (χ1v) is 7.64. The van der Waals surface area contributed by atoms with E-state index in [-0.39, 0.29) is 16.9 Å². The Hall–Kier alpha value is -2.46. The minimum absolute atomic E-state index is 0.0366. The van der Waals surface area contributed by atoms with E-state index in [1.54, 1.807) is 43.5 Å². The van der Waals surface area contributed by atoms with Crippen molar-refractivity contribution < 1.29 is 9.84 Å². The number of rotatable bonds is 3. The van der Waals surface area contributed by atoms with Crippen LogP contribution in [0, 0.1) is 0 Å². The zero-order chi connectivity index (χ0) is 16.6. The molecule has 0 saturated carbocycles. The number of nitrogens with one attached hydrogen (secondary N) is 1. The lowest BCUT2D eigenvalue weighted by atomic mass is 9.99. The van der Waals surface area contributed by atoms with E-state index in [0.29, 0.717) is 33.7 Å². The lowest BCUT2D eigenvalue weighted by Gasteiger charge is -2.12. The number of pyridine rings is 1. The van der Waals surface area contributed by atoms with Gasteiger partial charge in [0.25, 0.3) is 5.56 Å². The van der Waals surface area contributed by atoms with E-state index >= 15 is 0 Å². The van der Waals surface area contributed by atoms with Gasteiger partial charge >= 0.3 is 0 Å². The highest BCUT2D eigenvalue weighted by atomic mass is 35.5. The summed E-state index contributed by atoms with van der Waals surface area (Å²) in [6, 6.07) is 10.5. The average molecular weight is 329 g/mol. The molecule has 2 aromatic carbocycles. The van der Waals surface area contributed by atoms with E-state index in [2.05, 4.69) is 4.98 Å². The number of halogens is 1. The maximum atomic E-state index is 12.5. The lowest BCUT2D eigenvalue weighted by molar-refractivity contribution is 0.415. The molecule has 0 atom stereocenters. The van der Waals surface area contributed by atoms with Crippen LogP contribution < -0.4 is 10.3 Å². The molecule has 0 aliphatic heterocycles. The number of ether oxygens (including phenoxy) is 1. The Bertz CT molecular complexity index is 947. The molecule has 23 heavy (non-hydrogen) atoms. The molecule has 4 nitrogen and oxygen atoms in total. The van der Waals surface area contributed by atoms with Crippen molar-refractivity contribution in [3.63, 3.8) is 0 Å². The molecule has 118 valence electrons. The Morgan fingerprint density at radius 3 is 2.74 bits per heavy atom. The molecule has 1 aromatic heterocycles. The van der Waals surface area contributed by atoms with Gasteiger partial charge in [0.15, 0.2) is 0 Å². The Balaban J connectivity index is 2.38. The predicted octanol–water partition coefficient (Wildman–Crippen LogP) is 4.13. The Labute approximate surface area is 138 Å². The molecule has 0 spiro atoms. The van der Waals surface area contributed by atoms with Crippen LogP contribution in [0.25, 0.3) is 22.0 Å². The molecule has 0 amide bonds. The van der Waals surface area contributed by atoms with Gasteiger partial charge in [-0.1, -0.05) is 30.7 Å². The van der Waals surface area contributed by atoms with Crippen LogP contribution in [-0.2, 0) is 6.42 Å². The number of hydrogen-bond donors (Lipinski definition) is 2. The van der Waals surface area contributed by atoms with E-state index < -0.39 is 0 Å². The summed E-state index contributed by atoms with van der Waals surface area (Å²) in [6.07, 6.45) is 0.689. The molecule has 5 heteroatoms. The molecule has 0 aliphatic carbocycles. The third kappa shape index (κ3) is 2.66. The van der Waals surface area contributed by atoms with Crippen molar-refractivity contribution in [3.05, 3.63) is 57.3 Å². The molecule has 0 saturated heterocycles. The number of aromatic nitrogens is 1. The highest BCUT2D eigenvalue weighted by Crippen LogP contribution is 2.36. The van der Waals surface area contributed by atoms with E-state index in [0.717, 1.165) is 5.56 Å². The fourth-order valence-corrected chi connectivity index (χ4v) is 3.02. The topological polar surface area (TPSA) is 62.3 Å². The largest absolute Gasteiger partial charge is 0.506 e. The number of aromatic amines is 1. The van der Waals surface area contributed by atoms with E-state index in [1.807, 2.05) is 6.92 Å². The molecule has 0 aliphatic rings. The summed E-state index contributed by atoms with van der Waals surface area (Å²) in [5.41, 5.74) is 1.87. The van der Waals surface area contributed by atoms with Gasteiger partial charge in [-0.3, -0.25) is 4.79 Å². The van der Waals surface area contributed by atoms with Gasteiger partial charge in [-0.15, -0.1) is 0 Å². The van der Waals surface area contributed by atoms with E-state index in [1.165, 1.54) is 0 Å². The second kappa shape index (κ2) is 5.97. The first-order valence-electron chi connectivity index (χ1n) is 7.27. The number of aromatic hydroxyl groups is 1. The first kappa shape index (κ1) is 15.4. The summed E-state index contributed by atoms with van der Waals surface area (Å²) < 4.78 is 5.19. The number of aryl methyl sites for hydroxylation is 1. The quantitative estimate of drug-likeness (QED) is 0.760. The molecular formula is C18H16ClNO3. The van der Waals surface area contributed by atoms with Crippen molar-refractivity contribution in [1.82, 2.24) is 4.98 Å². The van der Waals surface area contributed by atoms with Crippen LogP contribution in [0.4, 0.5) is 0 Å². The monoisotopic (exact) mass is 328 g/mol. The highest BCUT2D eigenvalue weighted by Gasteiger charge is 2.17. The van der Waals surface area contributed by atoms with Crippen LogP contribution in [0.15, 0.2) is 41.2 Å². The summed E-state index contributed by atoms with van der Waals surface area (Å²) in [5.74, 6) is 0.582. The van der Waals surface area contributed by atoms with Gasteiger partial charge in [0, 0.05) is 10.4 Å². The normalized spacial score (nSPS) is 10.9. The maximum Gasteiger partial charge on any atom is 0.260 e. The van der Waals surface area contributed by atoms with Crippen molar-refractivity contribution >= 4 is 22.5 Å². The van der Waals surface area contributed by atoms with Crippen LogP contribution in [0.3, 0.4) is 0 Å². The molecule has 0 bridgehead atoms. The molecule has 1 heterocycles. The molecule has 2 N–H and O–H groups in total. The van der Waals surface area contributed by atoms with Crippen LogP contribution >= 0.6 is 11.6 Å². The van der Waals surface area contributed by atoms with Gasteiger partial charge in [-0.2, -0.15) is 0 Å². The summed E-state index contributed by atoms with van der Waals surface area (Å²) >= 11 is 6.08. The van der Waals surface area contributed by atoms with Crippen LogP contribution in [-0.4, -0.2) is 17.2 Å². The smallest absolute Gasteiger partial charge is 0.260 e. The third-order valence-electron chi connectivity index (χ3n) is 3.87. The van der Waals surface area contributed by atoms with Crippen molar-refractivity contribution in [2.75, 3.05) is 7.11 Å². The summed E-state index contributed by atoms with van der Waals surface area (Å²) in [4.78, 5) is 15.3. The fourth-order valence-electron chi connectivity index (χ4n) is 2.78. The predicted molar refractivity (Wildman–Crippen MR) is 92.6 cm³/mol. The average Bonchev–Trinajstić information content (AvgIpc) is 2.53. The highest BCUT2D eigenvalue weighted by molar-refractivity contribution is 6.31. The molecule has 0 fully saturated rings. The van der Waals surface area contributed by atoms with Crippen LogP contribution in [0.5, 0.6) is 11.5 Å². The number of H-pyrrole nitrogens is 1. The molecular weight excluding hydrogens is 313 g/mol. The van der Waals surface area contributed by atoms with Gasteiger partial charge in [-0.25, -0.2) is 0 Å². The zero-order valence-corrected chi connectivity index (χ0v) is 13.6. The summed E-state index contributed by atoms with van der Waals surface area (Å²) in [7, 11) is 1.56. The van der Waals surface area contributed by atoms with Gasteiger partial charge in [-0.05, 0) is 41.8 Å². The van der Waals surface area contributed by atoms with Crippen LogP contribution in [0.2, 0.25) is 5.02 Å². The number of benzene rings is 2. The Kier molecular flexibility index (Phi) is 4.01. The van der Waals surface area contributed by atoms with Gasteiger partial charge in [0.1, 0.15) is 11.5 Å². The molecule has 3 aromatic rings.